The molecule has 1 aromatic heterocycles. The van der Waals surface area contributed by atoms with Gasteiger partial charge in [0.15, 0.2) is 5.76 Å². The van der Waals surface area contributed by atoms with Gasteiger partial charge in [0, 0.05) is 5.56 Å². The Bertz CT molecular complexity index is 738. The zero-order valence-corrected chi connectivity index (χ0v) is 12.0. The summed E-state index contributed by atoms with van der Waals surface area (Å²) in [5.74, 6) is -1.43. The summed E-state index contributed by atoms with van der Waals surface area (Å²) in [5.41, 5.74) is 4.39. The van der Waals surface area contributed by atoms with Gasteiger partial charge in [-0.05, 0) is 31.2 Å². The van der Waals surface area contributed by atoms with E-state index in [0.717, 1.165) is 12.1 Å². The fraction of sp³-hybridized carbons (Fsp3) is 0.200. The van der Waals surface area contributed by atoms with E-state index in [9.17, 15) is 22.8 Å². The summed E-state index contributed by atoms with van der Waals surface area (Å²) in [6.45, 7) is 1.40. The van der Waals surface area contributed by atoms with Crippen LogP contribution < -0.4 is 11.1 Å². The fourth-order valence-electron chi connectivity index (χ4n) is 1.80. The van der Waals surface area contributed by atoms with Crippen molar-refractivity contribution in [2.24, 2.45) is 5.73 Å². The minimum atomic E-state index is -4.47. The van der Waals surface area contributed by atoms with Gasteiger partial charge >= 0.3 is 6.18 Å². The molecule has 0 radical (unpaired) electrons. The molecule has 1 aromatic carbocycles. The minimum absolute atomic E-state index is 0.105. The Kier molecular flexibility index (Phi) is 4.44. The molecule has 8 heteroatoms. The van der Waals surface area contributed by atoms with Crippen molar-refractivity contribution >= 4 is 11.8 Å². The Morgan fingerprint density at radius 3 is 2.52 bits per heavy atom. The predicted octanol–water partition coefficient (Wildman–Crippen LogP) is 2.57. The molecule has 1 heterocycles. The first-order chi connectivity index (χ1) is 10.7. The lowest BCUT2D eigenvalue weighted by Gasteiger charge is -2.08. The zero-order valence-electron chi connectivity index (χ0n) is 12.0. The molecular formula is C15H13F3N2O3. The van der Waals surface area contributed by atoms with Crippen molar-refractivity contribution in [2.75, 3.05) is 0 Å². The van der Waals surface area contributed by atoms with E-state index in [4.69, 9.17) is 10.2 Å². The van der Waals surface area contributed by atoms with Crippen molar-refractivity contribution in [3.8, 4) is 11.3 Å². The van der Waals surface area contributed by atoms with Gasteiger partial charge in [0.05, 0.1) is 5.56 Å². The quantitative estimate of drug-likeness (QED) is 0.905. The van der Waals surface area contributed by atoms with Gasteiger partial charge in [-0.1, -0.05) is 12.1 Å². The second kappa shape index (κ2) is 6.15. The highest BCUT2D eigenvalue weighted by Crippen LogP contribution is 2.32. The lowest BCUT2D eigenvalue weighted by atomic mass is 10.1. The maximum Gasteiger partial charge on any atom is 0.416 e. The SMILES string of the molecule is CC(NC(=O)c1ccc(-c2cccc(C(F)(F)F)c2)o1)C(N)=O. The van der Waals surface area contributed by atoms with Crippen molar-refractivity contribution in [1.82, 2.24) is 5.32 Å². The third-order valence-corrected chi connectivity index (χ3v) is 3.08. The molecular weight excluding hydrogens is 313 g/mol. The third-order valence-electron chi connectivity index (χ3n) is 3.08. The molecule has 122 valence electrons. The summed E-state index contributed by atoms with van der Waals surface area (Å²) in [6, 6.07) is 6.32. The van der Waals surface area contributed by atoms with Crippen LogP contribution in [0, 0.1) is 0 Å². The van der Waals surface area contributed by atoms with E-state index >= 15 is 0 Å². The Morgan fingerprint density at radius 2 is 1.91 bits per heavy atom. The van der Waals surface area contributed by atoms with Crippen molar-refractivity contribution < 1.29 is 27.2 Å². The second-order valence-electron chi connectivity index (χ2n) is 4.84. The molecule has 0 aliphatic rings. The van der Waals surface area contributed by atoms with Gasteiger partial charge < -0.3 is 15.5 Å². The van der Waals surface area contributed by atoms with Crippen LogP contribution >= 0.6 is 0 Å². The van der Waals surface area contributed by atoms with E-state index in [-0.39, 0.29) is 17.1 Å². The molecule has 0 saturated carbocycles. The Balaban J connectivity index is 2.23. The fourth-order valence-corrected chi connectivity index (χ4v) is 1.80. The second-order valence-corrected chi connectivity index (χ2v) is 4.84. The highest BCUT2D eigenvalue weighted by molar-refractivity contribution is 5.95. The summed E-state index contributed by atoms with van der Waals surface area (Å²) < 4.78 is 43.3. The van der Waals surface area contributed by atoms with Crippen LogP contribution in [0.25, 0.3) is 11.3 Å². The van der Waals surface area contributed by atoms with Gasteiger partial charge in [-0.2, -0.15) is 13.2 Å². The van der Waals surface area contributed by atoms with Gasteiger partial charge in [0.2, 0.25) is 5.91 Å². The van der Waals surface area contributed by atoms with Gasteiger partial charge in [-0.15, -0.1) is 0 Å². The molecule has 0 aliphatic carbocycles. The number of nitrogens with two attached hydrogens (primary N) is 1. The zero-order chi connectivity index (χ0) is 17.2. The van der Waals surface area contributed by atoms with Gasteiger partial charge in [0.1, 0.15) is 11.8 Å². The van der Waals surface area contributed by atoms with E-state index in [2.05, 4.69) is 5.32 Å². The topological polar surface area (TPSA) is 85.3 Å². The molecule has 0 fully saturated rings. The maximum absolute atomic E-state index is 12.7. The molecule has 0 aliphatic heterocycles. The van der Waals surface area contributed by atoms with Crippen LogP contribution in [0.4, 0.5) is 13.2 Å². The normalized spacial score (nSPS) is 12.7. The van der Waals surface area contributed by atoms with Crippen molar-refractivity contribution in [1.29, 1.82) is 0 Å². The third kappa shape index (κ3) is 3.91. The number of amides is 2. The van der Waals surface area contributed by atoms with Crippen molar-refractivity contribution in [3.63, 3.8) is 0 Å². The first-order valence-electron chi connectivity index (χ1n) is 6.56. The molecule has 0 spiro atoms. The molecule has 2 amide bonds. The lowest BCUT2D eigenvalue weighted by Crippen LogP contribution is -2.42. The number of benzene rings is 1. The predicted molar refractivity (Wildman–Crippen MR) is 75.3 cm³/mol. The van der Waals surface area contributed by atoms with Gasteiger partial charge in [-0.3, -0.25) is 9.59 Å². The van der Waals surface area contributed by atoms with E-state index in [1.165, 1.54) is 31.2 Å². The monoisotopic (exact) mass is 326 g/mol. The first kappa shape index (κ1) is 16.6. The van der Waals surface area contributed by atoms with Crippen molar-refractivity contribution in [2.45, 2.75) is 19.1 Å². The number of halogens is 3. The smallest absolute Gasteiger partial charge is 0.416 e. The van der Waals surface area contributed by atoms with E-state index < -0.39 is 29.6 Å². The standard InChI is InChI=1S/C15H13F3N2O3/c1-8(13(19)21)20-14(22)12-6-5-11(23-12)9-3-2-4-10(7-9)15(16,17)18/h2-8H,1H3,(H2,19,21)(H,20,22). The molecule has 23 heavy (non-hydrogen) atoms. The lowest BCUT2D eigenvalue weighted by molar-refractivity contribution is -0.137. The van der Waals surface area contributed by atoms with E-state index in [0.29, 0.717) is 0 Å². The first-order valence-corrected chi connectivity index (χ1v) is 6.56. The van der Waals surface area contributed by atoms with Gasteiger partial charge in [0.25, 0.3) is 5.91 Å². The van der Waals surface area contributed by atoms with Crippen LogP contribution in [-0.2, 0) is 11.0 Å². The summed E-state index contributed by atoms with van der Waals surface area (Å²) in [4.78, 5) is 22.7. The van der Waals surface area contributed by atoms with Crippen LogP contribution in [0.15, 0.2) is 40.8 Å². The number of carbonyl (C=O) groups is 2. The van der Waals surface area contributed by atoms with Crippen LogP contribution in [0.1, 0.15) is 23.0 Å². The molecule has 1 atom stereocenters. The number of hydrogen-bond acceptors (Lipinski definition) is 3. The van der Waals surface area contributed by atoms with E-state index in [1.807, 2.05) is 0 Å². The van der Waals surface area contributed by atoms with Crippen LogP contribution in [0.3, 0.4) is 0 Å². The average Bonchev–Trinajstić information content (AvgIpc) is 2.96. The maximum atomic E-state index is 12.7. The number of nitrogens with one attached hydrogen (secondary N) is 1. The van der Waals surface area contributed by atoms with Crippen LogP contribution in [-0.4, -0.2) is 17.9 Å². The highest BCUT2D eigenvalue weighted by Gasteiger charge is 2.30. The largest absolute Gasteiger partial charge is 0.451 e. The summed E-state index contributed by atoms with van der Waals surface area (Å²) in [7, 11) is 0. The molecule has 2 rings (SSSR count). The Labute approximate surface area is 129 Å². The van der Waals surface area contributed by atoms with Crippen molar-refractivity contribution in [3.05, 3.63) is 47.7 Å². The van der Waals surface area contributed by atoms with E-state index in [1.54, 1.807) is 0 Å². The molecule has 2 aromatic rings. The molecule has 5 nitrogen and oxygen atoms in total. The highest BCUT2D eigenvalue weighted by atomic mass is 19.4. The summed E-state index contributed by atoms with van der Waals surface area (Å²) in [5, 5.41) is 2.31. The number of primary amides is 1. The number of furan rings is 1. The summed E-state index contributed by atoms with van der Waals surface area (Å²) in [6.07, 6.45) is -4.47. The number of hydrogen-bond donors (Lipinski definition) is 2. The number of rotatable bonds is 4. The molecule has 0 bridgehead atoms. The number of carbonyl (C=O) groups excluding carboxylic acids is 2. The molecule has 1 unspecified atom stereocenters. The molecule has 3 N–H and O–H groups in total. The minimum Gasteiger partial charge on any atom is -0.451 e. The Hall–Kier alpha value is -2.77. The average molecular weight is 326 g/mol. The number of alkyl halides is 3. The van der Waals surface area contributed by atoms with Crippen LogP contribution in [0.2, 0.25) is 0 Å². The van der Waals surface area contributed by atoms with Gasteiger partial charge in [-0.25, -0.2) is 0 Å². The molecule has 0 saturated heterocycles. The summed E-state index contributed by atoms with van der Waals surface area (Å²) >= 11 is 0. The van der Waals surface area contributed by atoms with Crippen LogP contribution in [0.5, 0.6) is 0 Å². The Morgan fingerprint density at radius 1 is 1.22 bits per heavy atom.